The van der Waals surface area contributed by atoms with E-state index in [4.69, 9.17) is 4.74 Å². The fourth-order valence-corrected chi connectivity index (χ4v) is 4.23. The Morgan fingerprint density at radius 2 is 1.24 bits per heavy atom. The third-order valence-corrected chi connectivity index (χ3v) is 5.98. The van der Waals surface area contributed by atoms with Crippen LogP contribution in [-0.4, -0.2) is 12.6 Å². The molecule has 0 radical (unpaired) electrons. The van der Waals surface area contributed by atoms with Crippen molar-refractivity contribution in [2.24, 2.45) is 5.41 Å². The predicted octanol–water partition coefficient (Wildman–Crippen LogP) is 7.59. The lowest BCUT2D eigenvalue weighted by Gasteiger charge is -2.35. The summed E-state index contributed by atoms with van der Waals surface area (Å²) in [6, 6.07) is 0. The van der Waals surface area contributed by atoms with Gasteiger partial charge in [0, 0.05) is 0 Å². The summed E-state index contributed by atoms with van der Waals surface area (Å²) in [6.45, 7) is 5.15. The summed E-state index contributed by atoms with van der Waals surface area (Å²) in [4.78, 5) is 12.8. The molecule has 148 valence electrons. The Morgan fingerprint density at radius 1 is 0.720 bits per heavy atom. The second-order valence-electron chi connectivity index (χ2n) is 8.26. The fraction of sp³-hybridized carbons (Fsp3) is 0.957. The topological polar surface area (TPSA) is 26.3 Å². The van der Waals surface area contributed by atoms with Crippen LogP contribution in [0.5, 0.6) is 0 Å². The van der Waals surface area contributed by atoms with Crippen molar-refractivity contribution in [3.8, 4) is 0 Å². The maximum Gasteiger partial charge on any atom is 0.312 e. The highest BCUT2D eigenvalue weighted by atomic mass is 16.5. The van der Waals surface area contributed by atoms with Gasteiger partial charge in [0.2, 0.25) is 0 Å². The van der Waals surface area contributed by atoms with E-state index in [0.29, 0.717) is 6.61 Å². The summed E-state index contributed by atoms with van der Waals surface area (Å²) in [7, 11) is 0. The molecule has 0 amide bonds. The third kappa shape index (κ3) is 9.66. The van der Waals surface area contributed by atoms with Crippen molar-refractivity contribution >= 4 is 5.97 Å². The van der Waals surface area contributed by atoms with Gasteiger partial charge in [0.05, 0.1) is 12.0 Å². The van der Waals surface area contributed by atoms with Crippen molar-refractivity contribution in [1.82, 2.24) is 0 Å². The van der Waals surface area contributed by atoms with Crippen LogP contribution in [0.15, 0.2) is 0 Å². The first-order chi connectivity index (χ1) is 12.2. The summed E-state index contributed by atoms with van der Waals surface area (Å²) in [5.41, 5.74) is -0.134. The largest absolute Gasteiger partial charge is 0.465 e. The van der Waals surface area contributed by atoms with E-state index in [9.17, 15) is 4.79 Å². The molecule has 2 nitrogen and oxygen atoms in total. The highest BCUT2D eigenvalue weighted by Crippen LogP contribution is 2.42. The number of carbonyl (C=O) groups excluding carboxylic acids is 1. The minimum atomic E-state index is -0.134. The van der Waals surface area contributed by atoms with Crippen molar-refractivity contribution in [2.45, 2.75) is 129 Å². The van der Waals surface area contributed by atoms with Crippen LogP contribution in [0.25, 0.3) is 0 Å². The van der Waals surface area contributed by atoms with Gasteiger partial charge in [-0.1, -0.05) is 104 Å². The normalized spacial score (nSPS) is 16.7. The number of hydrogen-bond acceptors (Lipinski definition) is 2. The van der Waals surface area contributed by atoms with Gasteiger partial charge in [-0.3, -0.25) is 4.79 Å². The van der Waals surface area contributed by atoms with Gasteiger partial charge in [0.25, 0.3) is 0 Å². The highest BCUT2D eigenvalue weighted by molar-refractivity contribution is 5.76. The molecule has 1 aliphatic rings. The Morgan fingerprint density at radius 3 is 1.84 bits per heavy atom. The Kier molecular flexibility index (Phi) is 13.2. The van der Waals surface area contributed by atoms with Gasteiger partial charge in [0.15, 0.2) is 0 Å². The summed E-state index contributed by atoms with van der Waals surface area (Å²) in [5.74, 6) is 0.134. The first-order valence-corrected chi connectivity index (χ1v) is 11.4. The average molecular weight is 353 g/mol. The standard InChI is InChI=1S/C23H44O2/c1-3-5-7-9-11-14-18-23(19-15-13-16-20-23)22(24)25-21-17-12-10-8-6-4-2/h3-21H2,1-2H3. The van der Waals surface area contributed by atoms with E-state index in [1.165, 1.54) is 89.9 Å². The average Bonchev–Trinajstić information content (AvgIpc) is 2.64. The van der Waals surface area contributed by atoms with Crippen LogP contribution < -0.4 is 0 Å². The number of ether oxygens (including phenoxy) is 1. The van der Waals surface area contributed by atoms with Crippen LogP contribution in [0, 0.1) is 5.41 Å². The van der Waals surface area contributed by atoms with Crippen LogP contribution in [0.4, 0.5) is 0 Å². The molecule has 1 aliphatic carbocycles. The monoisotopic (exact) mass is 352 g/mol. The molecule has 0 heterocycles. The van der Waals surface area contributed by atoms with E-state index in [1.807, 2.05) is 0 Å². The number of esters is 1. The second kappa shape index (κ2) is 14.6. The molecule has 0 N–H and O–H groups in total. The number of unbranched alkanes of at least 4 members (excludes halogenated alkanes) is 10. The van der Waals surface area contributed by atoms with E-state index < -0.39 is 0 Å². The highest BCUT2D eigenvalue weighted by Gasteiger charge is 2.40. The maximum atomic E-state index is 12.8. The van der Waals surface area contributed by atoms with Crippen molar-refractivity contribution in [2.75, 3.05) is 6.61 Å². The van der Waals surface area contributed by atoms with Gasteiger partial charge >= 0.3 is 5.97 Å². The fourth-order valence-electron chi connectivity index (χ4n) is 4.23. The summed E-state index contributed by atoms with van der Waals surface area (Å²) in [5, 5.41) is 0. The molecule has 0 unspecified atom stereocenters. The molecule has 25 heavy (non-hydrogen) atoms. The van der Waals surface area contributed by atoms with Crippen molar-refractivity contribution in [3.63, 3.8) is 0 Å². The van der Waals surface area contributed by atoms with E-state index >= 15 is 0 Å². The molecule has 0 aromatic rings. The molecule has 0 aromatic heterocycles. The summed E-state index contributed by atoms with van der Waals surface area (Å²) < 4.78 is 5.75. The first kappa shape index (κ1) is 22.5. The predicted molar refractivity (Wildman–Crippen MR) is 108 cm³/mol. The van der Waals surface area contributed by atoms with Gasteiger partial charge in [-0.2, -0.15) is 0 Å². The van der Waals surface area contributed by atoms with E-state index in [2.05, 4.69) is 13.8 Å². The smallest absolute Gasteiger partial charge is 0.312 e. The third-order valence-electron chi connectivity index (χ3n) is 5.98. The molecule has 1 fully saturated rings. The van der Waals surface area contributed by atoms with Crippen LogP contribution >= 0.6 is 0 Å². The lowest BCUT2D eigenvalue weighted by molar-refractivity contribution is -0.159. The van der Waals surface area contributed by atoms with Crippen LogP contribution in [0.2, 0.25) is 0 Å². The van der Waals surface area contributed by atoms with Crippen LogP contribution in [0.3, 0.4) is 0 Å². The van der Waals surface area contributed by atoms with Gasteiger partial charge in [-0.05, 0) is 25.7 Å². The second-order valence-corrected chi connectivity index (χ2v) is 8.26. The Hall–Kier alpha value is -0.530. The number of rotatable bonds is 15. The van der Waals surface area contributed by atoms with E-state index in [-0.39, 0.29) is 11.4 Å². The van der Waals surface area contributed by atoms with Gasteiger partial charge in [0.1, 0.15) is 0 Å². The van der Waals surface area contributed by atoms with E-state index in [0.717, 1.165) is 25.7 Å². The first-order valence-electron chi connectivity index (χ1n) is 11.4. The Labute approximate surface area is 157 Å². The molecule has 0 atom stereocenters. The SMILES string of the molecule is CCCCCCCCOC(=O)C1(CCCCCCCC)CCCCC1. The summed E-state index contributed by atoms with van der Waals surface area (Å²) >= 11 is 0. The molecule has 2 heteroatoms. The number of carbonyl (C=O) groups is 1. The minimum Gasteiger partial charge on any atom is -0.465 e. The van der Waals surface area contributed by atoms with Crippen LogP contribution in [0.1, 0.15) is 129 Å². The van der Waals surface area contributed by atoms with Crippen LogP contribution in [-0.2, 0) is 9.53 Å². The Balaban J connectivity index is 2.26. The molecule has 0 aliphatic heterocycles. The lowest BCUT2D eigenvalue weighted by atomic mass is 9.71. The van der Waals surface area contributed by atoms with Gasteiger partial charge in [-0.15, -0.1) is 0 Å². The summed E-state index contributed by atoms with van der Waals surface area (Å²) in [6.07, 6.45) is 22.2. The molecule has 1 rings (SSSR count). The zero-order valence-electron chi connectivity index (χ0n) is 17.3. The Bertz CT molecular complexity index is 318. The number of hydrogen-bond donors (Lipinski definition) is 0. The zero-order chi connectivity index (χ0) is 18.2. The zero-order valence-corrected chi connectivity index (χ0v) is 17.3. The minimum absolute atomic E-state index is 0.134. The molecule has 0 bridgehead atoms. The van der Waals surface area contributed by atoms with Crippen molar-refractivity contribution in [1.29, 1.82) is 0 Å². The molecule has 0 spiro atoms. The quantitative estimate of drug-likeness (QED) is 0.224. The van der Waals surface area contributed by atoms with E-state index in [1.54, 1.807) is 0 Å². The lowest BCUT2D eigenvalue weighted by Crippen LogP contribution is -2.35. The maximum absolute atomic E-state index is 12.8. The van der Waals surface area contributed by atoms with Crippen molar-refractivity contribution in [3.05, 3.63) is 0 Å². The molecular weight excluding hydrogens is 308 g/mol. The van der Waals surface area contributed by atoms with Gasteiger partial charge in [-0.25, -0.2) is 0 Å². The molecule has 0 saturated heterocycles. The van der Waals surface area contributed by atoms with Gasteiger partial charge < -0.3 is 4.74 Å². The van der Waals surface area contributed by atoms with Crippen molar-refractivity contribution < 1.29 is 9.53 Å². The molecular formula is C23H44O2. The molecule has 1 saturated carbocycles. The molecule has 0 aromatic carbocycles.